The first-order valence-electron chi connectivity index (χ1n) is 14.3. The summed E-state index contributed by atoms with van der Waals surface area (Å²) >= 11 is 0. The summed E-state index contributed by atoms with van der Waals surface area (Å²) in [6.07, 6.45) is -0.969. The number of ether oxygens (including phenoxy) is 3. The first kappa shape index (κ1) is 32.1. The lowest BCUT2D eigenvalue weighted by atomic mass is 9.88. The molecule has 0 radical (unpaired) electrons. The molecule has 2 aliphatic rings. The number of carbonyl (C=O) groups excluding carboxylic acids is 4. The summed E-state index contributed by atoms with van der Waals surface area (Å²) in [6, 6.07) is 6.58. The van der Waals surface area contributed by atoms with E-state index < -0.39 is 36.0 Å². The lowest BCUT2D eigenvalue weighted by Gasteiger charge is -2.33. The van der Waals surface area contributed by atoms with Crippen molar-refractivity contribution < 1.29 is 33.4 Å². The van der Waals surface area contributed by atoms with Gasteiger partial charge in [-0.05, 0) is 50.8 Å². The summed E-state index contributed by atoms with van der Waals surface area (Å²) in [7, 11) is 0. The first-order valence-corrected chi connectivity index (χ1v) is 14.3. The van der Waals surface area contributed by atoms with Crippen LogP contribution in [0.5, 0.6) is 0 Å². The molecule has 2 fully saturated rings. The van der Waals surface area contributed by atoms with E-state index in [-0.39, 0.29) is 36.6 Å². The van der Waals surface area contributed by atoms with Crippen molar-refractivity contribution in [2.24, 2.45) is 17.8 Å². The number of rotatable bonds is 9. The molecule has 1 aromatic carbocycles. The smallest absolute Gasteiger partial charge is 0.412 e. The quantitative estimate of drug-likeness (QED) is 0.396. The van der Waals surface area contributed by atoms with Crippen molar-refractivity contribution in [3.05, 3.63) is 42.0 Å². The molecule has 2 heterocycles. The van der Waals surface area contributed by atoms with Crippen LogP contribution in [0.4, 0.5) is 15.3 Å². The molecule has 4 atom stereocenters. The Morgan fingerprint density at radius 3 is 2.32 bits per heavy atom. The van der Waals surface area contributed by atoms with Crippen molar-refractivity contribution in [2.75, 3.05) is 25.0 Å². The Hall–Kier alpha value is -3.40. The third-order valence-corrected chi connectivity index (χ3v) is 7.46. The van der Waals surface area contributed by atoms with Gasteiger partial charge in [-0.3, -0.25) is 19.4 Å². The average Bonchev–Trinajstić information content (AvgIpc) is 3.53. The lowest BCUT2D eigenvalue weighted by Crippen LogP contribution is -2.51. The van der Waals surface area contributed by atoms with Gasteiger partial charge in [-0.1, -0.05) is 52.0 Å². The van der Waals surface area contributed by atoms with Crippen LogP contribution in [0, 0.1) is 17.8 Å². The van der Waals surface area contributed by atoms with Crippen molar-refractivity contribution in [2.45, 2.75) is 85.8 Å². The van der Waals surface area contributed by atoms with Crippen molar-refractivity contribution in [1.29, 1.82) is 0 Å². The summed E-state index contributed by atoms with van der Waals surface area (Å²) in [5, 5.41) is 2.85. The standard InChI is InChI=1S/C31H45N3O7/c1-19(2)22(5)26(35)16-21(4)27(36)32-24-11-9-23(10-12-24)18-40-29(37)33-13-14-39-28(33)25-15-20(3)17-34(25)30(38)41-31(6,7)8/h9-12,19,21-22,25,28H,3,13-18H2,1-2,4-8H3,(H,32,36)/t21-,22+,25+,28?/m1/s1. The van der Waals surface area contributed by atoms with Gasteiger partial charge in [0.25, 0.3) is 0 Å². The minimum Gasteiger partial charge on any atom is -0.444 e. The van der Waals surface area contributed by atoms with Crippen LogP contribution in [0.3, 0.4) is 0 Å². The Kier molecular flexibility index (Phi) is 10.6. The largest absolute Gasteiger partial charge is 0.444 e. The van der Waals surface area contributed by atoms with E-state index in [4.69, 9.17) is 14.2 Å². The SMILES string of the molecule is C=C1C[C@@H](C2OCCN2C(=O)OCc2ccc(NC(=O)[C@H](C)CC(=O)[C@@H](C)C(C)C)cc2)N(C(=O)OC(C)(C)C)C1. The summed E-state index contributed by atoms with van der Waals surface area (Å²) in [5.74, 6) is -0.429. The number of likely N-dealkylation sites (tertiary alicyclic amines) is 1. The number of hydrogen-bond acceptors (Lipinski definition) is 7. The highest BCUT2D eigenvalue weighted by atomic mass is 16.6. The highest BCUT2D eigenvalue weighted by Crippen LogP contribution is 2.31. The molecule has 10 nitrogen and oxygen atoms in total. The Balaban J connectivity index is 1.53. The Labute approximate surface area is 243 Å². The van der Waals surface area contributed by atoms with Crippen molar-refractivity contribution in [3.8, 4) is 0 Å². The molecule has 10 heteroatoms. The molecule has 1 N–H and O–H groups in total. The summed E-state index contributed by atoms with van der Waals surface area (Å²) in [4.78, 5) is 53.9. The molecular weight excluding hydrogens is 526 g/mol. The molecule has 226 valence electrons. The zero-order chi connectivity index (χ0) is 30.5. The highest BCUT2D eigenvalue weighted by Gasteiger charge is 2.45. The fourth-order valence-corrected chi connectivity index (χ4v) is 4.74. The fourth-order valence-electron chi connectivity index (χ4n) is 4.74. The number of anilines is 1. The van der Waals surface area contributed by atoms with E-state index in [1.54, 1.807) is 56.9 Å². The Bertz CT molecular complexity index is 1130. The molecule has 0 aromatic heterocycles. The number of ketones is 1. The van der Waals surface area contributed by atoms with E-state index in [1.807, 2.05) is 20.8 Å². The lowest BCUT2D eigenvalue weighted by molar-refractivity contribution is -0.128. The van der Waals surface area contributed by atoms with Crippen LogP contribution in [0.15, 0.2) is 36.4 Å². The summed E-state index contributed by atoms with van der Waals surface area (Å²) in [6.45, 7) is 18.1. The van der Waals surface area contributed by atoms with Gasteiger partial charge in [-0.15, -0.1) is 0 Å². The van der Waals surface area contributed by atoms with Gasteiger partial charge in [0.1, 0.15) is 18.0 Å². The third kappa shape index (κ3) is 8.79. The van der Waals surface area contributed by atoms with Crippen molar-refractivity contribution in [3.63, 3.8) is 0 Å². The molecule has 3 amide bonds. The van der Waals surface area contributed by atoms with E-state index >= 15 is 0 Å². The second-order valence-corrected chi connectivity index (χ2v) is 12.4. The zero-order valence-electron chi connectivity index (χ0n) is 25.4. The van der Waals surface area contributed by atoms with Crippen molar-refractivity contribution in [1.82, 2.24) is 9.80 Å². The van der Waals surface area contributed by atoms with E-state index in [0.717, 1.165) is 11.1 Å². The summed E-state index contributed by atoms with van der Waals surface area (Å²) in [5.41, 5.74) is 1.55. The van der Waals surface area contributed by atoms with Crippen LogP contribution in [0.1, 0.15) is 66.9 Å². The average molecular weight is 572 g/mol. The minimum absolute atomic E-state index is 0.0292. The zero-order valence-corrected chi connectivity index (χ0v) is 25.4. The fraction of sp³-hybridized carbons (Fsp3) is 0.613. The van der Waals surface area contributed by atoms with Crippen LogP contribution in [-0.4, -0.2) is 71.2 Å². The van der Waals surface area contributed by atoms with Crippen molar-refractivity contribution >= 4 is 29.6 Å². The molecule has 2 saturated heterocycles. The van der Waals surface area contributed by atoms with Gasteiger partial charge in [0.15, 0.2) is 6.23 Å². The van der Waals surface area contributed by atoms with E-state index in [1.165, 1.54) is 4.90 Å². The van der Waals surface area contributed by atoms with Gasteiger partial charge in [-0.25, -0.2) is 9.59 Å². The number of amides is 3. The Morgan fingerprint density at radius 1 is 1.05 bits per heavy atom. The number of hydrogen-bond donors (Lipinski definition) is 1. The Morgan fingerprint density at radius 2 is 1.71 bits per heavy atom. The number of benzene rings is 1. The van der Waals surface area contributed by atoms with Crippen LogP contribution in [0.2, 0.25) is 0 Å². The van der Waals surface area contributed by atoms with E-state index in [2.05, 4.69) is 11.9 Å². The highest BCUT2D eigenvalue weighted by molar-refractivity contribution is 5.95. The van der Waals surface area contributed by atoms with Gasteiger partial charge in [0.2, 0.25) is 5.91 Å². The van der Waals surface area contributed by atoms with Gasteiger partial charge < -0.3 is 19.5 Å². The maximum absolute atomic E-state index is 13.0. The molecular formula is C31H45N3O7. The molecule has 1 aromatic rings. The predicted molar refractivity (Wildman–Crippen MR) is 155 cm³/mol. The third-order valence-electron chi connectivity index (χ3n) is 7.46. The number of carbonyl (C=O) groups is 4. The minimum atomic E-state index is -0.663. The molecule has 0 spiro atoms. The maximum atomic E-state index is 13.0. The molecule has 3 rings (SSSR count). The first-order chi connectivity index (χ1) is 19.2. The number of nitrogens with one attached hydrogen (secondary N) is 1. The number of nitrogens with zero attached hydrogens (tertiary/aromatic N) is 2. The van der Waals surface area contributed by atoms with Gasteiger partial charge >= 0.3 is 12.2 Å². The molecule has 0 aliphatic carbocycles. The normalized spacial score (nSPS) is 20.6. The van der Waals surface area contributed by atoms with Crippen LogP contribution >= 0.6 is 0 Å². The second kappa shape index (κ2) is 13.5. The predicted octanol–water partition coefficient (Wildman–Crippen LogP) is 5.37. The van der Waals surface area contributed by atoms with E-state index in [0.29, 0.717) is 31.8 Å². The van der Waals surface area contributed by atoms with Gasteiger partial charge in [0, 0.05) is 30.5 Å². The van der Waals surface area contributed by atoms with Gasteiger partial charge in [-0.2, -0.15) is 0 Å². The maximum Gasteiger partial charge on any atom is 0.412 e. The van der Waals surface area contributed by atoms with Crippen LogP contribution in [0.25, 0.3) is 0 Å². The topological polar surface area (TPSA) is 114 Å². The molecule has 1 unspecified atom stereocenters. The summed E-state index contributed by atoms with van der Waals surface area (Å²) < 4.78 is 17.0. The molecule has 2 aliphatic heterocycles. The molecule has 0 bridgehead atoms. The molecule has 0 saturated carbocycles. The van der Waals surface area contributed by atoms with E-state index in [9.17, 15) is 19.2 Å². The van der Waals surface area contributed by atoms with Gasteiger partial charge in [0.05, 0.1) is 19.2 Å². The van der Waals surface area contributed by atoms with Crippen LogP contribution in [-0.2, 0) is 30.4 Å². The molecule has 41 heavy (non-hydrogen) atoms. The second-order valence-electron chi connectivity index (χ2n) is 12.4. The van der Waals surface area contributed by atoms with Crippen LogP contribution < -0.4 is 5.32 Å². The monoisotopic (exact) mass is 571 g/mol. The number of Topliss-reactive ketones (excluding diaryl/α,β-unsaturated/α-hetero) is 1.